The first kappa shape index (κ1) is 17.5. The van der Waals surface area contributed by atoms with Gasteiger partial charge in [-0.1, -0.05) is 0 Å². The summed E-state index contributed by atoms with van der Waals surface area (Å²) in [5.74, 6) is 0.407. The van der Waals surface area contributed by atoms with E-state index in [1.807, 2.05) is 24.3 Å². The summed E-state index contributed by atoms with van der Waals surface area (Å²) in [6.45, 7) is 5.05. The van der Waals surface area contributed by atoms with E-state index in [1.165, 1.54) is 4.90 Å². The number of anilines is 1. The van der Waals surface area contributed by atoms with E-state index < -0.39 is 0 Å². The second-order valence-corrected chi connectivity index (χ2v) is 6.61. The van der Waals surface area contributed by atoms with Crippen LogP contribution in [-0.2, 0) is 4.79 Å². The molecule has 2 rings (SSSR count). The molecule has 0 saturated carbocycles. The van der Waals surface area contributed by atoms with Gasteiger partial charge in [-0.2, -0.15) is 0 Å². The molecule has 1 amide bonds. The molecule has 2 N–H and O–H groups in total. The van der Waals surface area contributed by atoms with E-state index in [9.17, 15) is 9.59 Å². The largest absolute Gasteiger partial charge is 0.371 e. The van der Waals surface area contributed by atoms with Crippen molar-refractivity contribution in [2.75, 3.05) is 45.2 Å². The Morgan fingerprint density at radius 3 is 2.30 bits per heavy atom. The van der Waals surface area contributed by atoms with Crippen LogP contribution in [0.5, 0.6) is 0 Å². The van der Waals surface area contributed by atoms with Crippen LogP contribution in [0, 0.1) is 5.92 Å². The minimum absolute atomic E-state index is 0.0893. The lowest BCUT2D eigenvalue weighted by Crippen LogP contribution is -3.06. The van der Waals surface area contributed by atoms with Gasteiger partial charge in [-0.15, -0.1) is 0 Å². The van der Waals surface area contributed by atoms with E-state index in [-0.39, 0.29) is 17.6 Å². The minimum Gasteiger partial charge on any atom is -0.371 e. The van der Waals surface area contributed by atoms with Crippen LogP contribution >= 0.6 is 0 Å². The number of carbonyl (C=O) groups is 2. The van der Waals surface area contributed by atoms with E-state index in [0.29, 0.717) is 0 Å². The summed E-state index contributed by atoms with van der Waals surface area (Å²) in [6.07, 6.45) is 1.77. The van der Waals surface area contributed by atoms with E-state index in [2.05, 4.69) is 24.3 Å². The molecule has 0 spiro atoms. The first-order valence-electron chi connectivity index (χ1n) is 8.40. The number of hydrogen-bond donors (Lipinski definition) is 2. The average Bonchev–Trinajstić information content (AvgIpc) is 2.54. The topological polar surface area (TPSA) is 53.9 Å². The number of quaternary nitrogens is 1. The van der Waals surface area contributed by atoms with Crippen molar-refractivity contribution < 1.29 is 14.5 Å². The highest BCUT2D eigenvalue weighted by atomic mass is 16.2. The smallest absolute Gasteiger partial charge is 0.223 e. The standard InChI is InChI=1S/C18H27N3O2/c1-14(22)15-4-6-17(7-5-15)21-11-8-16(9-12-21)18(23)19-10-13-20(2)3/h4-7,16H,8-13H2,1-3H3,(H,19,23)/p+1. The van der Waals surface area contributed by atoms with Crippen LogP contribution in [0.1, 0.15) is 30.1 Å². The number of Topliss-reactive ketones (excluding diaryl/α,β-unsaturated/α-hetero) is 1. The fraction of sp³-hybridized carbons (Fsp3) is 0.556. The first-order valence-corrected chi connectivity index (χ1v) is 8.40. The highest BCUT2D eigenvalue weighted by molar-refractivity contribution is 5.94. The van der Waals surface area contributed by atoms with Gasteiger partial charge in [-0.3, -0.25) is 9.59 Å². The predicted molar refractivity (Wildman–Crippen MR) is 92.1 cm³/mol. The zero-order valence-corrected chi connectivity index (χ0v) is 14.4. The summed E-state index contributed by atoms with van der Waals surface area (Å²) >= 11 is 0. The Labute approximate surface area is 138 Å². The molecule has 1 aliphatic heterocycles. The molecule has 5 heteroatoms. The molecule has 0 aromatic heterocycles. The molecular weight excluding hydrogens is 290 g/mol. The predicted octanol–water partition coefficient (Wildman–Crippen LogP) is 0.366. The maximum absolute atomic E-state index is 12.2. The summed E-state index contributed by atoms with van der Waals surface area (Å²) in [4.78, 5) is 27.1. The van der Waals surface area contributed by atoms with Gasteiger partial charge in [0.25, 0.3) is 0 Å². The van der Waals surface area contributed by atoms with Gasteiger partial charge in [0.05, 0.1) is 27.2 Å². The van der Waals surface area contributed by atoms with Crippen molar-refractivity contribution in [1.29, 1.82) is 0 Å². The van der Waals surface area contributed by atoms with E-state index in [0.717, 1.165) is 50.3 Å². The molecule has 0 unspecified atom stereocenters. The zero-order valence-electron chi connectivity index (χ0n) is 14.4. The molecule has 126 valence electrons. The van der Waals surface area contributed by atoms with Crippen LogP contribution in [0.3, 0.4) is 0 Å². The summed E-state index contributed by atoms with van der Waals surface area (Å²) < 4.78 is 0. The van der Waals surface area contributed by atoms with Gasteiger partial charge in [0, 0.05) is 30.3 Å². The van der Waals surface area contributed by atoms with Crippen molar-refractivity contribution in [2.24, 2.45) is 5.92 Å². The zero-order chi connectivity index (χ0) is 16.8. The molecule has 1 aliphatic rings. The fourth-order valence-electron chi connectivity index (χ4n) is 2.89. The molecule has 1 aromatic rings. The Balaban J connectivity index is 1.81. The van der Waals surface area contributed by atoms with Crippen molar-refractivity contribution in [3.05, 3.63) is 29.8 Å². The highest BCUT2D eigenvalue weighted by Crippen LogP contribution is 2.23. The molecule has 23 heavy (non-hydrogen) atoms. The van der Waals surface area contributed by atoms with Gasteiger partial charge in [-0.25, -0.2) is 0 Å². The lowest BCUT2D eigenvalue weighted by molar-refractivity contribution is -0.856. The summed E-state index contributed by atoms with van der Waals surface area (Å²) in [5.41, 5.74) is 1.87. The van der Waals surface area contributed by atoms with Crippen LogP contribution in [-0.4, -0.2) is 52.0 Å². The van der Waals surface area contributed by atoms with E-state index in [1.54, 1.807) is 6.92 Å². The average molecular weight is 318 g/mol. The van der Waals surface area contributed by atoms with Crippen molar-refractivity contribution in [1.82, 2.24) is 5.32 Å². The van der Waals surface area contributed by atoms with Gasteiger partial charge in [0.15, 0.2) is 5.78 Å². The maximum Gasteiger partial charge on any atom is 0.223 e. The molecule has 1 fully saturated rings. The maximum atomic E-state index is 12.2. The lowest BCUT2D eigenvalue weighted by atomic mass is 9.95. The summed E-state index contributed by atoms with van der Waals surface area (Å²) in [6, 6.07) is 7.74. The van der Waals surface area contributed by atoms with Crippen LogP contribution in [0.15, 0.2) is 24.3 Å². The number of rotatable bonds is 6. The molecule has 0 atom stereocenters. The van der Waals surface area contributed by atoms with Gasteiger partial charge in [0.1, 0.15) is 0 Å². The normalized spacial score (nSPS) is 15.7. The second-order valence-electron chi connectivity index (χ2n) is 6.61. The number of nitrogens with one attached hydrogen (secondary N) is 2. The van der Waals surface area contributed by atoms with Crippen LogP contribution in [0.25, 0.3) is 0 Å². The number of benzene rings is 1. The number of piperidine rings is 1. The van der Waals surface area contributed by atoms with Gasteiger partial charge in [0.2, 0.25) is 5.91 Å². The molecule has 0 bridgehead atoms. The SMILES string of the molecule is CC(=O)c1ccc(N2CCC(C(=O)NCC[NH+](C)C)CC2)cc1. The number of likely N-dealkylation sites (N-methyl/N-ethyl adjacent to an activating group) is 1. The number of ketones is 1. The van der Waals surface area contributed by atoms with E-state index >= 15 is 0 Å². The number of nitrogens with zero attached hydrogens (tertiary/aromatic N) is 1. The fourth-order valence-corrected chi connectivity index (χ4v) is 2.89. The van der Waals surface area contributed by atoms with Crippen molar-refractivity contribution >= 4 is 17.4 Å². The van der Waals surface area contributed by atoms with E-state index in [4.69, 9.17) is 0 Å². The van der Waals surface area contributed by atoms with Crippen LogP contribution < -0.4 is 15.1 Å². The second kappa shape index (κ2) is 8.11. The Morgan fingerprint density at radius 1 is 1.17 bits per heavy atom. The van der Waals surface area contributed by atoms with Gasteiger partial charge < -0.3 is 15.1 Å². The summed E-state index contributed by atoms with van der Waals surface area (Å²) in [7, 11) is 4.17. The van der Waals surface area contributed by atoms with Gasteiger partial charge in [-0.05, 0) is 44.0 Å². The number of carbonyl (C=O) groups excluding carboxylic acids is 2. The molecule has 1 heterocycles. The molecule has 0 aliphatic carbocycles. The third-order valence-electron chi connectivity index (χ3n) is 4.43. The van der Waals surface area contributed by atoms with Crippen molar-refractivity contribution in [3.8, 4) is 0 Å². The third kappa shape index (κ3) is 5.06. The molecule has 1 saturated heterocycles. The Kier molecular flexibility index (Phi) is 6.16. The number of hydrogen-bond acceptors (Lipinski definition) is 3. The molecule has 1 aromatic carbocycles. The van der Waals surface area contributed by atoms with Gasteiger partial charge >= 0.3 is 0 Å². The monoisotopic (exact) mass is 318 g/mol. The van der Waals surface area contributed by atoms with Crippen molar-refractivity contribution in [2.45, 2.75) is 19.8 Å². The first-order chi connectivity index (χ1) is 11.0. The summed E-state index contributed by atoms with van der Waals surface area (Å²) in [5, 5.41) is 3.04. The Bertz CT molecular complexity index is 532. The molecule has 0 radical (unpaired) electrons. The molecular formula is C18H28N3O2+. The van der Waals surface area contributed by atoms with Crippen LogP contribution in [0.2, 0.25) is 0 Å². The lowest BCUT2D eigenvalue weighted by Gasteiger charge is -2.33. The third-order valence-corrected chi connectivity index (χ3v) is 4.43. The molecule has 5 nitrogen and oxygen atoms in total. The Hall–Kier alpha value is -1.88. The quantitative estimate of drug-likeness (QED) is 0.745. The Morgan fingerprint density at radius 2 is 1.78 bits per heavy atom. The van der Waals surface area contributed by atoms with Crippen LogP contribution in [0.4, 0.5) is 5.69 Å². The number of amides is 1. The highest BCUT2D eigenvalue weighted by Gasteiger charge is 2.25. The van der Waals surface area contributed by atoms with Crippen molar-refractivity contribution in [3.63, 3.8) is 0 Å². The minimum atomic E-state index is 0.0893.